The van der Waals surface area contributed by atoms with Crippen molar-refractivity contribution in [3.8, 4) is 11.8 Å². The van der Waals surface area contributed by atoms with Crippen LogP contribution in [0.25, 0.3) is 0 Å². The third-order valence-electron chi connectivity index (χ3n) is 3.59. The highest BCUT2D eigenvalue weighted by molar-refractivity contribution is 5.92. The predicted octanol–water partition coefficient (Wildman–Crippen LogP) is 0.297. The minimum Gasteiger partial charge on any atom is -0.477 e. The summed E-state index contributed by atoms with van der Waals surface area (Å²) in [5.74, 6) is 0.538. The molecule has 1 unspecified atom stereocenters. The molecule has 3 rings (SSSR count). The zero-order valence-electron chi connectivity index (χ0n) is 13.0. The molecule has 1 atom stereocenters. The third-order valence-corrected chi connectivity index (χ3v) is 3.59. The molecule has 3 heterocycles. The number of carbonyl (C=O) groups excluding carboxylic acids is 1. The molecule has 2 aromatic heterocycles. The van der Waals surface area contributed by atoms with E-state index in [0.29, 0.717) is 30.5 Å². The second-order valence-electron chi connectivity index (χ2n) is 5.28. The van der Waals surface area contributed by atoms with Gasteiger partial charge >= 0.3 is 0 Å². The number of aryl methyl sites for hydroxylation is 1. The summed E-state index contributed by atoms with van der Waals surface area (Å²) < 4.78 is 12.5. The van der Waals surface area contributed by atoms with Gasteiger partial charge in [-0.1, -0.05) is 5.21 Å². The fourth-order valence-corrected chi connectivity index (χ4v) is 2.52. The number of carbonyl (C=O) groups is 1. The largest absolute Gasteiger partial charge is 0.477 e. The van der Waals surface area contributed by atoms with E-state index in [-0.39, 0.29) is 12.0 Å². The minimum absolute atomic E-state index is 0.141. The highest BCUT2D eigenvalue weighted by Gasteiger charge is 2.28. The SMILES string of the molecule is COc1nccnc1OC1CCCN(C(=O)c2cn(C)nn2)C1. The Morgan fingerprint density at radius 3 is 2.78 bits per heavy atom. The van der Waals surface area contributed by atoms with E-state index in [0.717, 1.165) is 12.8 Å². The number of rotatable bonds is 4. The average Bonchev–Trinajstić information content (AvgIpc) is 3.01. The van der Waals surface area contributed by atoms with Crippen molar-refractivity contribution in [2.24, 2.45) is 7.05 Å². The lowest BCUT2D eigenvalue weighted by atomic mass is 10.1. The van der Waals surface area contributed by atoms with Gasteiger partial charge < -0.3 is 14.4 Å². The molecule has 0 spiro atoms. The van der Waals surface area contributed by atoms with Gasteiger partial charge in [-0.3, -0.25) is 9.48 Å². The summed E-state index contributed by atoms with van der Waals surface area (Å²) in [6.07, 6.45) is 6.22. The van der Waals surface area contributed by atoms with E-state index in [9.17, 15) is 4.79 Å². The van der Waals surface area contributed by atoms with Crippen LogP contribution >= 0.6 is 0 Å². The van der Waals surface area contributed by atoms with Gasteiger partial charge in [-0.05, 0) is 12.8 Å². The van der Waals surface area contributed by atoms with Crippen LogP contribution in [0.5, 0.6) is 11.8 Å². The maximum Gasteiger partial charge on any atom is 0.278 e. The Kier molecular flexibility index (Phi) is 4.35. The zero-order valence-corrected chi connectivity index (χ0v) is 13.0. The number of aromatic nitrogens is 5. The van der Waals surface area contributed by atoms with Crippen molar-refractivity contribution in [2.75, 3.05) is 20.2 Å². The first-order valence-electron chi connectivity index (χ1n) is 7.34. The first kappa shape index (κ1) is 15.2. The van der Waals surface area contributed by atoms with Gasteiger partial charge in [0.2, 0.25) is 0 Å². The highest BCUT2D eigenvalue weighted by Crippen LogP contribution is 2.24. The number of amides is 1. The van der Waals surface area contributed by atoms with E-state index >= 15 is 0 Å². The van der Waals surface area contributed by atoms with Gasteiger partial charge in [-0.15, -0.1) is 5.10 Å². The third kappa shape index (κ3) is 3.38. The van der Waals surface area contributed by atoms with Crippen molar-refractivity contribution in [2.45, 2.75) is 18.9 Å². The van der Waals surface area contributed by atoms with Gasteiger partial charge in [0.15, 0.2) is 5.69 Å². The zero-order chi connectivity index (χ0) is 16.2. The average molecular weight is 318 g/mol. The van der Waals surface area contributed by atoms with E-state index in [1.807, 2.05) is 0 Å². The molecule has 0 radical (unpaired) electrons. The normalized spacial score (nSPS) is 17.8. The fraction of sp³-hybridized carbons (Fsp3) is 0.500. The number of methoxy groups -OCH3 is 1. The lowest BCUT2D eigenvalue weighted by molar-refractivity contribution is 0.0514. The summed E-state index contributed by atoms with van der Waals surface area (Å²) in [6, 6.07) is 0. The monoisotopic (exact) mass is 318 g/mol. The first-order chi connectivity index (χ1) is 11.2. The number of hydrogen-bond acceptors (Lipinski definition) is 7. The molecule has 0 N–H and O–H groups in total. The van der Waals surface area contributed by atoms with Gasteiger partial charge in [-0.2, -0.15) is 0 Å². The van der Waals surface area contributed by atoms with Crippen molar-refractivity contribution in [3.63, 3.8) is 0 Å². The molecule has 1 aliphatic rings. The summed E-state index contributed by atoms with van der Waals surface area (Å²) in [7, 11) is 3.24. The molecule has 1 aliphatic heterocycles. The number of piperidine rings is 1. The topological polar surface area (TPSA) is 95.3 Å². The van der Waals surface area contributed by atoms with Gasteiger partial charge in [0, 0.05) is 26.0 Å². The summed E-state index contributed by atoms with van der Waals surface area (Å²) in [5.41, 5.74) is 0.338. The van der Waals surface area contributed by atoms with Crippen LogP contribution in [-0.2, 0) is 7.05 Å². The van der Waals surface area contributed by atoms with Gasteiger partial charge in [0.05, 0.1) is 19.9 Å². The van der Waals surface area contributed by atoms with Gasteiger partial charge in [0.1, 0.15) is 6.10 Å². The molecule has 9 nitrogen and oxygen atoms in total. The van der Waals surface area contributed by atoms with Gasteiger partial charge in [-0.25, -0.2) is 9.97 Å². The molecule has 9 heteroatoms. The minimum atomic E-state index is -0.157. The Morgan fingerprint density at radius 1 is 1.30 bits per heavy atom. The van der Waals surface area contributed by atoms with E-state index < -0.39 is 0 Å². The quantitative estimate of drug-likeness (QED) is 0.800. The Labute approximate surface area is 133 Å². The smallest absolute Gasteiger partial charge is 0.278 e. The summed E-state index contributed by atoms with van der Waals surface area (Å²) in [6.45, 7) is 1.14. The predicted molar refractivity (Wildman–Crippen MR) is 79.1 cm³/mol. The van der Waals surface area contributed by atoms with Crippen molar-refractivity contribution in [1.29, 1.82) is 0 Å². The van der Waals surface area contributed by atoms with Crippen LogP contribution in [0.1, 0.15) is 23.3 Å². The number of nitrogens with zero attached hydrogens (tertiary/aromatic N) is 6. The van der Waals surface area contributed by atoms with Crippen molar-refractivity contribution >= 4 is 5.91 Å². The molecule has 0 saturated carbocycles. The van der Waals surface area contributed by atoms with E-state index in [2.05, 4.69) is 20.3 Å². The second kappa shape index (κ2) is 6.59. The van der Waals surface area contributed by atoms with Crippen LogP contribution < -0.4 is 9.47 Å². The Hall–Kier alpha value is -2.71. The van der Waals surface area contributed by atoms with Crippen molar-refractivity contribution in [1.82, 2.24) is 29.9 Å². The number of ether oxygens (including phenoxy) is 2. The van der Waals surface area contributed by atoms with E-state index in [1.165, 1.54) is 18.0 Å². The van der Waals surface area contributed by atoms with Crippen molar-refractivity contribution in [3.05, 3.63) is 24.3 Å². The van der Waals surface area contributed by atoms with Crippen LogP contribution in [0.2, 0.25) is 0 Å². The van der Waals surface area contributed by atoms with E-state index in [1.54, 1.807) is 24.3 Å². The molecule has 0 aliphatic carbocycles. The summed E-state index contributed by atoms with van der Waals surface area (Å²) >= 11 is 0. The van der Waals surface area contributed by atoms with Crippen LogP contribution in [0.4, 0.5) is 0 Å². The molecule has 122 valence electrons. The number of likely N-dealkylation sites (tertiary alicyclic amines) is 1. The van der Waals surface area contributed by atoms with Crippen LogP contribution in [0.15, 0.2) is 18.6 Å². The Bertz CT molecular complexity index is 689. The first-order valence-corrected chi connectivity index (χ1v) is 7.34. The molecule has 23 heavy (non-hydrogen) atoms. The molecular formula is C14H18N6O3. The molecule has 1 saturated heterocycles. The van der Waals surface area contributed by atoms with Gasteiger partial charge in [0.25, 0.3) is 17.7 Å². The van der Waals surface area contributed by atoms with Crippen molar-refractivity contribution < 1.29 is 14.3 Å². The molecule has 0 aromatic carbocycles. The van der Waals surface area contributed by atoms with E-state index in [4.69, 9.17) is 9.47 Å². The van der Waals surface area contributed by atoms with Crippen LogP contribution in [0, 0.1) is 0 Å². The molecule has 1 amide bonds. The lowest BCUT2D eigenvalue weighted by Crippen LogP contribution is -2.44. The van der Waals surface area contributed by atoms with Crippen LogP contribution in [-0.4, -0.2) is 62.1 Å². The molecule has 0 bridgehead atoms. The molecular weight excluding hydrogens is 300 g/mol. The Balaban J connectivity index is 1.67. The Morgan fingerprint density at radius 2 is 2.09 bits per heavy atom. The molecule has 2 aromatic rings. The maximum atomic E-state index is 12.4. The summed E-state index contributed by atoms with van der Waals surface area (Å²) in [4.78, 5) is 22.4. The second-order valence-corrected chi connectivity index (χ2v) is 5.28. The lowest BCUT2D eigenvalue weighted by Gasteiger charge is -2.32. The standard InChI is InChI=1S/C14H18N6O3/c1-19-9-11(17-18-19)14(21)20-7-3-4-10(8-20)23-13-12(22-2)15-5-6-16-13/h5-6,9-10H,3-4,7-8H2,1-2H3. The fourth-order valence-electron chi connectivity index (χ4n) is 2.52. The van der Waals surface area contributed by atoms with Crippen LogP contribution in [0.3, 0.4) is 0 Å². The highest BCUT2D eigenvalue weighted by atomic mass is 16.5. The summed E-state index contributed by atoms with van der Waals surface area (Å²) in [5, 5.41) is 7.66. The number of hydrogen-bond donors (Lipinski definition) is 0. The maximum absolute atomic E-state index is 12.4. The molecule has 1 fully saturated rings.